The Balaban J connectivity index is 2.22. The minimum atomic E-state index is -0.152. The van der Waals surface area contributed by atoms with Crippen molar-refractivity contribution in [2.24, 2.45) is 0 Å². The van der Waals surface area contributed by atoms with Crippen LogP contribution in [0, 0.1) is 0 Å². The third-order valence-corrected chi connectivity index (χ3v) is 3.41. The van der Waals surface area contributed by atoms with Gasteiger partial charge in [0.2, 0.25) is 0 Å². The lowest BCUT2D eigenvalue weighted by Crippen LogP contribution is -2.19. The predicted octanol–water partition coefficient (Wildman–Crippen LogP) is 3.74. The van der Waals surface area contributed by atoms with E-state index in [2.05, 4.69) is 6.92 Å². The van der Waals surface area contributed by atoms with E-state index in [0.29, 0.717) is 12.2 Å². The standard InChI is InChI=1S/C13H15ClO/c1-2-3-12(15)13(8-9-13)10-4-6-11(14)7-5-10/h4-7H,2-3,8-9H2,1H3. The van der Waals surface area contributed by atoms with Crippen LogP contribution in [0.4, 0.5) is 0 Å². The van der Waals surface area contributed by atoms with Crippen molar-refractivity contribution in [1.82, 2.24) is 0 Å². The molecule has 0 aromatic heterocycles. The van der Waals surface area contributed by atoms with E-state index < -0.39 is 0 Å². The number of carbonyl (C=O) groups excluding carboxylic acids is 1. The first-order chi connectivity index (χ1) is 7.19. The molecule has 2 rings (SSSR count). The summed E-state index contributed by atoms with van der Waals surface area (Å²) in [5, 5.41) is 0.734. The monoisotopic (exact) mass is 222 g/mol. The molecule has 0 bridgehead atoms. The number of hydrogen-bond acceptors (Lipinski definition) is 1. The number of Topliss-reactive ketones (excluding diaryl/α,β-unsaturated/α-hetero) is 1. The quantitative estimate of drug-likeness (QED) is 0.759. The van der Waals surface area contributed by atoms with Gasteiger partial charge in [0.15, 0.2) is 0 Å². The van der Waals surface area contributed by atoms with Crippen LogP contribution in [-0.4, -0.2) is 5.78 Å². The summed E-state index contributed by atoms with van der Waals surface area (Å²) < 4.78 is 0. The highest BCUT2D eigenvalue weighted by atomic mass is 35.5. The summed E-state index contributed by atoms with van der Waals surface area (Å²) in [6.45, 7) is 2.05. The van der Waals surface area contributed by atoms with Crippen LogP contribution in [-0.2, 0) is 10.2 Å². The Hall–Kier alpha value is -0.820. The van der Waals surface area contributed by atoms with E-state index in [-0.39, 0.29) is 5.41 Å². The molecule has 1 fully saturated rings. The SMILES string of the molecule is CCCC(=O)C1(c2ccc(Cl)cc2)CC1. The second kappa shape index (κ2) is 3.97. The molecule has 0 amide bonds. The van der Waals surface area contributed by atoms with Crippen LogP contribution in [0.2, 0.25) is 5.02 Å². The molecule has 0 radical (unpaired) electrons. The minimum Gasteiger partial charge on any atom is -0.299 e. The summed E-state index contributed by atoms with van der Waals surface area (Å²) in [5.74, 6) is 0.396. The highest BCUT2D eigenvalue weighted by Crippen LogP contribution is 2.49. The van der Waals surface area contributed by atoms with Gasteiger partial charge in [0.25, 0.3) is 0 Å². The van der Waals surface area contributed by atoms with E-state index in [4.69, 9.17) is 11.6 Å². The summed E-state index contributed by atoms with van der Waals surface area (Å²) in [7, 11) is 0. The van der Waals surface area contributed by atoms with Gasteiger partial charge in [0.1, 0.15) is 5.78 Å². The van der Waals surface area contributed by atoms with Crippen LogP contribution in [0.5, 0.6) is 0 Å². The molecule has 0 heterocycles. The van der Waals surface area contributed by atoms with Crippen molar-refractivity contribution >= 4 is 17.4 Å². The molecule has 0 aliphatic heterocycles. The zero-order valence-electron chi connectivity index (χ0n) is 8.92. The Morgan fingerprint density at radius 3 is 2.40 bits per heavy atom. The summed E-state index contributed by atoms with van der Waals surface area (Å²) in [6, 6.07) is 7.72. The molecule has 0 saturated heterocycles. The van der Waals surface area contributed by atoms with E-state index in [1.54, 1.807) is 0 Å². The third kappa shape index (κ3) is 1.93. The van der Waals surface area contributed by atoms with E-state index in [1.165, 1.54) is 0 Å². The van der Waals surface area contributed by atoms with Crippen molar-refractivity contribution in [3.8, 4) is 0 Å². The maximum Gasteiger partial charge on any atom is 0.143 e. The Morgan fingerprint density at radius 1 is 1.33 bits per heavy atom. The largest absolute Gasteiger partial charge is 0.299 e. The topological polar surface area (TPSA) is 17.1 Å². The van der Waals surface area contributed by atoms with Crippen LogP contribution in [0.15, 0.2) is 24.3 Å². The maximum atomic E-state index is 12.0. The third-order valence-electron chi connectivity index (χ3n) is 3.16. The molecule has 15 heavy (non-hydrogen) atoms. The predicted molar refractivity (Wildman–Crippen MR) is 62.3 cm³/mol. The van der Waals surface area contributed by atoms with Crippen molar-refractivity contribution in [1.29, 1.82) is 0 Å². The van der Waals surface area contributed by atoms with Gasteiger partial charge < -0.3 is 0 Å². The van der Waals surface area contributed by atoms with Gasteiger partial charge in [-0.05, 0) is 37.0 Å². The number of hydrogen-bond donors (Lipinski definition) is 0. The summed E-state index contributed by atoms with van der Waals surface area (Å²) >= 11 is 5.84. The average molecular weight is 223 g/mol. The second-order valence-electron chi connectivity index (χ2n) is 4.26. The number of halogens is 1. The van der Waals surface area contributed by atoms with Crippen molar-refractivity contribution in [2.75, 3.05) is 0 Å². The van der Waals surface area contributed by atoms with Crippen LogP contribution in [0.1, 0.15) is 38.2 Å². The van der Waals surface area contributed by atoms with E-state index in [0.717, 1.165) is 29.8 Å². The summed E-state index contributed by atoms with van der Waals surface area (Å²) in [6.07, 6.45) is 3.65. The van der Waals surface area contributed by atoms with Gasteiger partial charge in [-0.15, -0.1) is 0 Å². The number of benzene rings is 1. The van der Waals surface area contributed by atoms with Crippen LogP contribution >= 0.6 is 11.6 Å². The first-order valence-electron chi connectivity index (χ1n) is 5.48. The molecule has 0 N–H and O–H groups in total. The molecule has 0 atom stereocenters. The molecule has 1 aromatic rings. The minimum absolute atomic E-state index is 0.152. The Kier molecular flexibility index (Phi) is 2.83. The summed E-state index contributed by atoms with van der Waals surface area (Å²) in [4.78, 5) is 12.0. The van der Waals surface area contributed by atoms with Gasteiger partial charge in [-0.25, -0.2) is 0 Å². The second-order valence-corrected chi connectivity index (χ2v) is 4.70. The van der Waals surface area contributed by atoms with Gasteiger partial charge in [-0.1, -0.05) is 30.7 Å². The molecule has 2 heteroatoms. The van der Waals surface area contributed by atoms with E-state index in [9.17, 15) is 4.79 Å². The zero-order chi connectivity index (χ0) is 10.9. The number of ketones is 1. The highest BCUT2D eigenvalue weighted by Gasteiger charge is 2.49. The molecule has 80 valence electrons. The van der Waals surface area contributed by atoms with Crippen molar-refractivity contribution in [2.45, 2.75) is 38.0 Å². The van der Waals surface area contributed by atoms with E-state index in [1.807, 2.05) is 24.3 Å². The molecule has 1 aliphatic carbocycles. The van der Waals surface area contributed by atoms with Gasteiger partial charge in [0.05, 0.1) is 5.41 Å². The van der Waals surface area contributed by atoms with Gasteiger partial charge in [0, 0.05) is 11.4 Å². The Labute approximate surface area is 95.4 Å². The smallest absolute Gasteiger partial charge is 0.143 e. The van der Waals surface area contributed by atoms with Crippen LogP contribution < -0.4 is 0 Å². The van der Waals surface area contributed by atoms with Gasteiger partial charge >= 0.3 is 0 Å². The average Bonchev–Trinajstić information content (AvgIpc) is 3.00. The van der Waals surface area contributed by atoms with Crippen LogP contribution in [0.3, 0.4) is 0 Å². The van der Waals surface area contributed by atoms with Crippen LogP contribution in [0.25, 0.3) is 0 Å². The molecule has 0 spiro atoms. The number of rotatable bonds is 4. The highest BCUT2D eigenvalue weighted by molar-refractivity contribution is 6.30. The lowest BCUT2D eigenvalue weighted by atomic mass is 9.89. The fourth-order valence-electron chi connectivity index (χ4n) is 2.09. The maximum absolute atomic E-state index is 12.0. The molecule has 1 aliphatic rings. The van der Waals surface area contributed by atoms with Crippen molar-refractivity contribution in [3.63, 3.8) is 0 Å². The molecule has 1 nitrogen and oxygen atoms in total. The molecular formula is C13H15ClO. The zero-order valence-corrected chi connectivity index (χ0v) is 9.68. The molecule has 0 unspecified atom stereocenters. The normalized spacial score (nSPS) is 17.5. The van der Waals surface area contributed by atoms with Gasteiger partial charge in [-0.3, -0.25) is 4.79 Å². The molecule has 1 saturated carbocycles. The molecular weight excluding hydrogens is 208 g/mol. The Bertz CT molecular complexity index is 363. The van der Waals surface area contributed by atoms with E-state index >= 15 is 0 Å². The van der Waals surface area contributed by atoms with Crippen molar-refractivity contribution < 1.29 is 4.79 Å². The van der Waals surface area contributed by atoms with Gasteiger partial charge in [-0.2, -0.15) is 0 Å². The Morgan fingerprint density at radius 2 is 1.93 bits per heavy atom. The fourth-order valence-corrected chi connectivity index (χ4v) is 2.21. The molecule has 1 aromatic carbocycles. The lowest BCUT2D eigenvalue weighted by Gasteiger charge is -2.13. The first kappa shape index (κ1) is 10.7. The van der Waals surface area contributed by atoms with Crippen molar-refractivity contribution in [3.05, 3.63) is 34.9 Å². The summed E-state index contributed by atoms with van der Waals surface area (Å²) in [5.41, 5.74) is 0.992. The number of carbonyl (C=O) groups is 1. The fraction of sp³-hybridized carbons (Fsp3) is 0.462. The lowest BCUT2D eigenvalue weighted by molar-refractivity contribution is -0.121. The first-order valence-corrected chi connectivity index (χ1v) is 5.86.